The normalized spacial score (nSPS) is 21.3. The molecule has 4 rings (SSSR count). The topological polar surface area (TPSA) is 109 Å². The zero-order chi connectivity index (χ0) is 26.7. The van der Waals surface area contributed by atoms with Crippen LogP contribution in [0.25, 0.3) is 11.3 Å². The molecule has 200 valence electrons. The van der Waals surface area contributed by atoms with E-state index < -0.39 is 29.8 Å². The van der Waals surface area contributed by atoms with Crippen LogP contribution in [-0.4, -0.2) is 76.6 Å². The number of hydrogen-bond donors (Lipinski definition) is 2. The van der Waals surface area contributed by atoms with Gasteiger partial charge in [0.1, 0.15) is 17.6 Å². The van der Waals surface area contributed by atoms with E-state index in [2.05, 4.69) is 30.7 Å². The van der Waals surface area contributed by atoms with Gasteiger partial charge in [-0.1, -0.05) is 26.8 Å². The summed E-state index contributed by atoms with van der Waals surface area (Å²) in [4.78, 5) is 32.5. The van der Waals surface area contributed by atoms with Gasteiger partial charge in [0.2, 0.25) is 5.91 Å². The number of ether oxygens (including phenoxy) is 1. The molecule has 2 atom stereocenters. The molecule has 2 amide bonds. The highest BCUT2D eigenvalue weighted by Gasteiger charge is 2.38. The fourth-order valence-corrected chi connectivity index (χ4v) is 5.14. The van der Waals surface area contributed by atoms with Crippen LogP contribution in [0.5, 0.6) is 5.75 Å². The summed E-state index contributed by atoms with van der Waals surface area (Å²) in [6.45, 7) is 10.7. The molecule has 2 saturated heterocycles. The molecule has 1 aromatic carbocycles. The average Bonchev–Trinajstić information content (AvgIpc) is 3.24. The number of aromatic nitrogens is 1. The molecule has 37 heavy (non-hydrogen) atoms. The second-order valence-corrected chi connectivity index (χ2v) is 11.4. The lowest BCUT2D eigenvalue weighted by molar-refractivity contribution is -0.121. The van der Waals surface area contributed by atoms with Gasteiger partial charge in [-0.3, -0.25) is 14.6 Å². The van der Waals surface area contributed by atoms with Crippen LogP contribution in [0.3, 0.4) is 0 Å². The van der Waals surface area contributed by atoms with Crippen molar-refractivity contribution in [3.05, 3.63) is 47.9 Å². The van der Waals surface area contributed by atoms with Crippen molar-refractivity contribution in [2.45, 2.75) is 52.2 Å². The summed E-state index contributed by atoms with van der Waals surface area (Å²) in [5.74, 6) is -0.948. The molecule has 3 N–H and O–H groups in total. The zero-order valence-electron chi connectivity index (χ0n) is 21.8. The first-order valence-electron chi connectivity index (χ1n) is 12.9. The van der Waals surface area contributed by atoms with Gasteiger partial charge in [-0.15, -0.1) is 0 Å². The molecule has 0 saturated carbocycles. The summed E-state index contributed by atoms with van der Waals surface area (Å²) in [6, 6.07) is 6.85. The van der Waals surface area contributed by atoms with Gasteiger partial charge in [-0.05, 0) is 61.5 Å². The van der Waals surface area contributed by atoms with Gasteiger partial charge in [0.25, 0.3) is 5.91 Å². The van der Waals surface area contributed by atoms with Crippen LogP contribution < -0.4 is 10.5 Å². The summed E-state index contributed by atoms with van der Waals surface area (Å²) in [7, 11) is 0. The van der Waals surface area contributed by atoms with Crippen LogP contribution in [0.2, 0.25) is 0 Å². The maximum Gasteiger partial charge on any atom is 0.257 e. The summed E-state index contributed by atoms with van der Waals surface area (Å²) in [5.41, 5.74) is 6.53. The van der Waals surface area contributed by atoms with E-state index in [1.54, 1.807) is 18.3 Å². The Kier molecular flexibility index (Phi) is 8.14. The molecule has 9 heteroatoms. The molecule has 0 unspecified atom stereocenters. The van der Waals surface area contributed by atoms with E-state index in [9.17, 15) is 19.1 Å². The Morgan fingerprint density at radius 2 is 1.92 bits per heavy atom. The standard InChI is InChI=1S/C28H37FN4O4/c1-28(2,3)17-32-10-8-18(9-11-32)16-37-21-5-7-24(31-14-21)19-4-6-22(23(29)12-19)27(36)33-15-20(34)13-25(33)26(30)35/h4-7,12,14,18,20,25,34H,8-11,13,15-17H2,1-3H3,(H2,30,35)/t20-,25+/m1/s1. The molecule has 2 aliphatic heterocycles. The molecule has 0 bridgehead atoms. The number of nitrogens with zero attached hydrogens (tertiary/aromatic N) is 3. The molecule has 2 aliphatic rings. The highest BCUT2D eigenvalue weighted by atomic mass is 19.1. The van der Waals surface area contributed by atoms with Crippen molar-refractivity contribution in [2.75, 3.05) is 32.8 Å². The molecule has 0 aliphatic carbocycles. The van der Waals surface area contributed by atoms with Gasteiger partial charge in [-0.2, -0.15) is 0 Å². The number of primary amides is 1. The van der Waals surface area contributed by atoms with E-state index in [1.807, 2.05) is 6.07 Å². The number of likely N-dealkylation sites (tertiary alicyclic amines) is 2. The van der Waals surface area contributed by atoms with Crippen LogP contribution in [0.1, 0.15) is 50.4 Å². The largest absolute Gasteiger partial charge is 0.492 e. The van der Waals surface area contributed by atoms with Crippen LogP contribution in [-0.2, 0) is 4.79 Å². The molecular formula is C28H37FN4O4. The number of amides is 2. The number of carbonyl (C=O) groups is 2. The number of piperidine rings is 1. The first kappa shape index (κ1) is 27.0. The highest BCUT2D eigenvalue weighted by Crippen LogP contribution is 2.27. The van der Waals surface area contributed by atoms with E-state index in [0.717, 1.165) is 37.4 Å². The van der Waals surface area contributed by atoms with Crippen molar-refractivity contribution in [2.24, 2.45) is 17.1 Å². The number of nitrogens with two attached hydrogens (primary N) is 1. The van der Waals surface area contributed by atoms with Crippen LogP contribution >= 0.6 is 0 Å². The van der Waals surface area contributed by atoms with Gasteiger partial charge in [-0.25, -0.2) is 4.39 Å². The lowest BCUT2D eigenvalue weighted by Crippen LogP contribution is -2.44. The summed E-state index contributed by atoms with van der Waals surface area (Å²) >= 11 is 0. The monoisotopic (exact) mass is 512 g/mol. The predicted molar refractivity (Wildman–Crippen MR) is 138 cm³/mol. The minimum Gasteiger partial charge on any atom is -0.492 e. The second-order valence-electron chi connectivity index (χ2n) is 11.4. The molecule has 1 aromatic heterocycles. The van der Waals surface area contributed by atoms with Crippen molar-refractivity contribution in [1.29, 1.82) is 0 Å². The lowest BCUT2D eigenvalue weighted by Gasteiger charge is -2.35. The SMILES string of the molecule is CC(C)(C)CN1CCC(COc2ccc(-c3ccc(C(=O)N4C[C@H](O)C[C@H]4C(N)=O)c(F)c3)nc2)CC1. The Hall–Kier alpha value is -3.04. The minimum atomic E-state index is -0.952. The van der Waals surface area contributed by atoms with Gasteiger partial charge in [0, 0.05) is 25.1 Å². The number of rotatable bonds is 7. The quantitative estimate of drug-likeness (QED) is 0.590. The first-order valence-corrected chi connectivity index (χ1v) is 12.9. The lowest BCUT2D eigenvalue weighted by atomic mass is 9.92. The highest BCUT2D eigenvalue weighted by molar-refractivity contribution is 5.98. The Bertz CT molecular complexity index is 1110. The molecule has 0 spiro atoms. The van der Waals surface area contributed by atoms with Gasteiger partial charge >= 0.3 is 0 Å². The Balaban J connectivity index is 1.33. The van der Waals surface area contributed by atoms with Crippen molar-refractivity contribution in [3.8, 4) is 17.0 Å². The molecule has 8 nitrogen and oxygen atoms in total. The number of aliphatic hydroxyl groups is 1. The van der Waals surface area contributed by atoms with E-state index >= 15 is 0 Å². The van der Waals surface area contributed by atoms with Crippen molar-refractivity contribution >= 4 is 11.8 Å². The zero-order valence-corrected chi connectivity index (χ0v) is 21.8. The third-order valence-corrected chi connectivity index (χ3v) is 6.99. The van der Waals surface area contributed by atoms with E-state index in [4.69, 9.17) is 10.5 Å². The van der Waals surface area contributed by atoms with Gasteiger partial charge in [0.15, 0.2) is 0 Å². The number of benzene rings is 1. The van der Waals surface area contributed by atoms with Crippen molar-refractivity contribution < 1.29 is 23.8 Å². The summed E-state index contributed by atoms with van der Waals surface area (Å²) < 4.78 is 20.9. The van der Waals surface area contributed by atoms with Crippen molar-refractivity contribution in [1.82, 2.24) is 14.8 Å². The summed E-state index contributed by atoms with van der Waals surface area (Å²) in [6.07, 6.45) is 3.04. The molecular weight excluding hydrogens is 475 g/mol. The van der Waals surface area contributed by atoms with Crippen LogP contribution in [0.15, 0.2) is 36.5 Å². The third kappa shape index (κ3) is 6.84. The minimum absolute atomic E-state index is 0.0511. The average molecular weight is 513 g/mol. The number of aliphatic hydroxyl groups excluding tert-OH is 1. The third-order valence-electron chi connectivity index (χ3n) is 6.99. The predicted octanol–water partition coefficient (Wildman–Crippen LogP) is 3.09. The Labute approximate surface area is 217 Å². The maximum absolute atomic E-state index is 14.9. The number of halogens is 1. The van der Waals surface area contributed by atoms with E-state index in [-0.39, 0.29) is 18.5 Å². The number of pyridine rings is 1. The fraction of sp³-hybridized carbons (Fsp3) is 0.536. The number of β-amino-alcohol motifs (C(OH)–C–C–N with tert-alkyl or cyclic N) is 1. The number of hydrogen-bond acceptors (Lipinski definition) is 6. The molecule has 3 heterocycles. The Morgan fingerprint density at radius 1 is 1.19 bits per heavy atom. The molecule has 0 radical (unpaired) electrons. The van der Waals surface area contributed by atoms with Gasteiger partial charge < -0.3 is 25.4 Å². The molecule has 2 aromatic rings. The van der Waals surface area contributed by atoms with Gasteiger partial charge in [0.05, 0.1) is 30.2 Å². The van der Waals surface area contributed by atoms with E-state index in [1.165, 1.54) is 12.1 Å². The number of carbonyl (C=O) groups excluding carboxylic acids is 2. The van der Waals surface area contributed by atoms with Crippen LogP contribution in [0, 0.1) is 17.2 Å². The summed E-state index contributed by atoms with van der Waals surface area (Å²) in [5, 5.41) is 9.84. The Morgan fingerprint density at radius 3 is 2.51 bits per heavy atom. The van der Waals surface area contributed by atoms with Crippen molar-refractivity contribution in [3.63, 3.8) is 0 Å². The first-order chi connectivity index (χ1) is 17.5. The fourth-order valence-electron chi connectivity index (χ4n) is 5.14. The van der Waals surface area contributed by atoms with Crippen LogP contribution in [0.4, 0.5) is 4.39 Å². The second kappa shape index (κ2) is 11.1. The van der Waals surface area contributed by atoms with E-state index in [0.29, 0.717) is 34.9 Å². The molecule has 2 fully saturated rings. The maximum atomic E-state index is 14.9. The smallest absolute Gasteiger partial charge is 0.257 e.